The molecular formula is C15H20N2O3S. The highest BCUT2D eigenvalue weighted by Crippen LogP contribution is 2.17. The van der Waals surface area contributed by atoms with E-state index >= 15 is 0 Å². The van der Waals surface area contributed by atoms with E-state index < -0.39 is 0 Å². The Bertz CT molecular complexity index is 528. The Hall–Kier alpha value is -1.53. The Labute approximate surface area is 128 Å². The van der Waals surface area contributed by atoms with E-state index in [9.17, 15) is 9.59 Å². The summed E-state index contributed by atoms with van der Waals surface area (Å²) in [6, 6.07) is 5.41. The number of amides is 1. The quantitative estimate of drug-likeness (QED) is 0.831. The van der Waals surface area contributed by atoms with Gasteiger partial charge in [-0.3, -0.25) is 4.79 Å². The molecule has 1 aromatic carbocycles. The second-order valence-corrected chi connectivity index (χ2v) is 6.15. The lowest BCUT2D eigenvalue weighted by molar-refractivity contribution is -0.116. The van der Waals surface area contributed by atoms with Crippen LogP contribution in [0.25, 0.3) is 0 Å². The van der Waals surface area contributed by atoms with Gasteiger partial charge in [0.15, 0.2) is 0 Å². The molecule has 114 valence electrons. The fourth-order valence-corrected chi connectivity index (χ4v) is 3.22. The van der Waals surface area contributed by atoms with Crippen LogP contribution < -0.4 is 10.6 Å². The molecule has 1 unspecified atom stereocenters. The minimum atomic E-state index is -0.367. The van der Waals surface area contributed by atoms with Gasteiger partial charge in [0.2, 0.25) is 5.91 Å². The van der Waals surface area contributed by atoms with Gasteiger partial charge in [0.25, 0.3) is 0 Å². The maximum atomic E-state index is 12.0. The van der Waals surface area contributed by atoms with Gasteiger partial charge in [0, 0.05) is 36.2 Å². The Morgan fingerprint density at radius 1 is 1.48 bits per heavy atom. The van der Waals surface area contributed by atoms with Gasteiger partial charge in [0.05, 0.1) is 12.7 Å². The van der Waals surface area contributed by atoms with E-state index in [0.29, 0.717) is 17.7 Å². The van der Waals surface area contributed by atoms with E-state index in [1.165, 1.54) is 7.11 Å². The van der Waals surface area contributed by atoms with Crippen molar-refractivity contribution in [2.24, 2.45) is 0 Å². The standard InChI is InChI=1S/C15H20N2O3S/c1-10-7-11(3-4-13(10)15(19)20-2)17-14(18)8-12-9-21-6-5-16-12/h3-4,7,12,16H,5-6,8-9H2,1-2H3,(H,17,18). The first-order chi connectivity index (χ1) is 10.1. The van der Waals surface area contributed by atoms with Crippen LogP contribution in [0.2, 0.25) is 0 Å². The average molecular weight is 308 g/mol. The Kier molecular flexibility index (Phi) is 5.64. The summed E-state index contributed by atoms with van der Waals surface area (Å²) in [7, 11) is 1.35. The smallest absolute Gasteiger partial charge is 0.338 e. The zero-order valence-electron chi connectivity index (χ0n) is 12.3. The van der Waals surface area contributed by atoms with Gasteiger partial charge in [-0.2, -0.15) is 11.8 Å². The van der Waals surface area contributed by atoms with Gasteiger partial charge in [-0.1, -0.05) is 0 Å². The zero-order valence-corrected chi connectivity index (χ0v) is 13.1. The summed E-state index contributed by atoms with van der Waals surface area (Å²) in [5.41, 5.74) is 2.00. The molecule has 1 amide bonds. The van der Waals surface area contributed by atoms with E-state index in [2.05, 4.69) is 10.6 Å². The van der Waals surface area contributed by atoms with E-state index in [-0.39, 0.29) is 17.9 Å². The SMILES string of the molecule is COC(=O)c1ccc(NC(=O)CC2CSCCN2)cc1C. The highest BCUT2D eigenvalue weighted by molar-refractivity contribution is 7.99. The number of anilines is 1. The zero-order chi connectivity index (χ0) is 15.2. The normalized spacial score (nSPS) is 18.1. The lowest BCUT2D eigenvalue weighted by atomic mass is 10.1. The largest absolute Gasteiger partial charge is 0.465 e. The fraction of sp³-hybridized carbons (Fsp3) is 0.467. The van der Waals surface area contributed by atoms with Gasteiger partial charge in [-0.15, -0.1) is 0 Å². The van der Waals surface area contributed by atoms with Crippen LogP contribution in [0.15, 0.2) is 18.2 Å². The molecule has 1 heterocycles. The molecule has 1 fully saturated rings. The van der Waals surface area contributed by atoms with Crippen LogP contribution in [0.3, 0.4) is 0 Å². The minimum absolute atomic E-state index is 0.0137. The third-order valence-electron chi connectivity index (χ3n) is 3.35. The topological polar surface area (TPSA) is 67.4 Å². The molecule has 0 saturated carbocycles. The number of benzene rings is 1. The maximum absolute atomic E-state index is 12.0. The summed E-state index contributed by atoms with van der Waals surface area (Å²) in [4.78, 5) is 23.5. The molecular weight excluding hydrogens is 288 g/mol. The first kappa shape index (κ1) is 15.9. The molecule has 2 rings (SSSR count). The second kappa shape index (κ2) is 7.47. The van der Waals surface area contributed by atoms with Crippen molar-refractivity contribution in [1.29, 1.82) is 0 Å². The Morgan fingerprint density at radius 2 is 2.29 bits per heavy atom. The molecule has 0 radical (unpaired) electrons. The summed E-state index contributed by atoms with van der Waals surface area (Å²) >= 11 is 1.87. The first-order valence-corrected chi connectivity index (χ1v) is 8.05. The van der Waals surface area contributed by atoms with Crippen LogP contribution >= 0.6 is 11.8 Å². The lowest BCUT2D eigenvalue weighted by Crippen LogP contribution is -2.39. The summed E-state index contributed by atoms with van der Waals surface area (Å²) in [6.45, 7) is 2.77. The molecule has 6 heteroatoms. The summed E-state index contributed by atoms with van der Waals surface area (Å²) < 4.78 is 4.70. The van der Waals surface area contributed by atoms with E-state index in [1.807, 2.05) is 18.7 Å². The van der Waals surface area contributed by atoms with Crippen molar-refractivity contribution >= 4 is 29.3 Å². The van der Waals surface area contributed by atoms with E-state index in [0.717, 1.165) is 23.6 Å². The Morgan fingerprint density at radius 3 is 2.90 bits per heavy atom. The van der Waals surface area contributed by atoms with Gasteiger partial charge >= 0.3 is 5.97 Å². The third kappa shape index (κ3) is 4.47. The molecule has 0 spiro atoms. The summed E-state index contributed by atoms with van der Waals surface area (Å²) in [5.74, 6) is 1.69. The monoisotopic (exact) mass is 308 g/mol. The number of rotatable bonds is 4. The maximum Gasteiger partial charge on any atom is 0.338 e. The molecule has 1 atom stereocenters. The summed E-state index contributed by atoms with van der Waals surface area (Å²) in [6.07, 6.45) is 0.463. The fourth-order valence-electron chi connectivity index (χ4n) is 2.27. The van der Waals surface area contributed by atoms with Crippen molar-refractivity contribution in [2.75, 3.05) is 30.5 Å². The van der Waals surface area contributed by atoms with E-state index in [4.69, 9.17) is 4.74 Å². The van der Waals surface area contributed by atoms with Gasteiger partial charge in [-0.05, 0) is 30.7 Å². The lowest BCUT2D eigenvalue weighted by Gasteiger charge is -2.22. The molecule has 0 aromatic heterocycles. The van der Waals surface area contributed by atoms with Crippen molar-refractivity contribution in [1.82, 2.24) is 5.32 Å². The number of hydrogen-bond acceptors (Lipinski definition) is 5. The predicted molar refractivity (Wildman–Crippen MR) is 84.9 cm³/mol. The molecule has 1 aliphatic heterocycles. The number of ether oxygens (including phenoxy) is 1. The summed E-state index contributed by atoms with van der Waals surface area (Å²) in [5, 5.41) is 6.21. The molecule has 2 N–H and O–H groups in total. The molecule has 0 bridgehead atoms. The van der Waals surface area contributed by atoms with Crippen molar-refractivity contribution in [2.45, 2.75) is 19.4 Å². The molecule has 1 aromatic rings. The number of nitrogens with one attached hydrogen (secondary N) is 2. The number of carbonyl (C=O) groups excluding carboxylic acids is 2. The van der Waals surface area contributed by atoms with Crippen molar-refractivity contribution in [3.05, 3.63) is 29.3 Å². The third-order valence-corrected chi connectivity index (χ3v) is 4.48. The van der Waals surface area contributed by atoms with Gasteiger partial charge in [0.1, 0.15) is 0 Å². The van der Waals surface area contributed by atoms with Crippen LogP contribution in [0.4, 0.5) is 5.69 Å². The van der Waals surface area contributed by atoms with Crippen molar-refractivity contribution < 1.29 is 14.3 Å². The predicted octanol–water partition coefficient (Wildman–Crippen LogP) is 1.82. The number of hydrogen-bond donors (Lipinski definition) is 2. The van der Waals surface area contributed by atoms with Crippen LogP contribution in [0.5, 0.6) is 0 Å². The van der Waals surface area contributed by atoms with Crippen LogP contribution in [-0.4, -0.2) is 43.1 Å². The second-order valence-electron chi connectivity index (χ2n) is 5.00. The number of esters is 1. The highest BCUT2D eigenvalue weighted by atomic mass is 32.2. The average Bonchev–Trinajstić information content (AvgIpc) is 2.47. The number of methoxy groups -OCH3 is 1. The van der Waals surface area contributed by atoms with Crippen LogP contribution in [0, 0.1) is 6.92 Å². The van der Waals surface area contributed by atoms with E-state index in [1.54, 1.807) is 18.2 Å². The molecule has 21 heavy (non-hydrogen) atoms. The van der Waals surface area contributed by atoms with Gasteiger partial charge in [-0.25, -0.2) is 4.79 Å². The highest BCUT2D eigenvalue weighted by Gasteiger charge is 2.17. The van der Waals surface area contributed by atoms with Crippen LogP contribution in [0.1, 0.15) is 22.3 Å². The van der Waals surface area contributed by atoms with Crippen LogP contribution in [-0.2, 0) is 9.53 Å². The van der Waals surface area contributed by atoms with Crippen molar-refractivity contribution in [3.63, 3.8) is 0 Å². The number of thioether (sulfide) groups is 1. The number of carbonyl (C=O) groups is 2. The first-order valence-electron chi connectivity index (χ1n) is 6.90. The number of aryl methyl sites for hydroxylation is 1. The molecule has 1 saturated heterocycles. The van der Waals surface area contributed by atoms with Crippen molar-refractivity contribution in [3.8, 4) is 0 Å². The molecule has 0 aliphatic carbocycles. The molecule has 1 aliphatic rings. The minimum Gasteiger partial charge on any atom is -0.465 e. The molecule has 5 nitrogen and oxygen atoms in total. The Balaban J connectivity index is 1.94. The van der Waals surface area contributed by atoms with Gasteiger partial charge < -0.3 is 15.4 Å².